The topological polar surface area (TPSA) is 63.3 Å². The van der Waals surface area contributed by atoms with Gasteiger partial charge in [0.2, 0.25) is 0 Å². The molecule has 2 aromatic heterocycles. The molecule has 0 unspecified atom stereocenters. The second-order valence-corrected chi connectivity index (χ2v) is 6.77. The Morgan fingerprint density at radius 2 is 2.12 bits per heavy atom. The number of benzene rings is 1. The van der Waals surface area contributed by atoms with Gasteiger partial charge in [-0.1, -0.05) is 12.1 Å². The first-order chi connectivity index (χ1) is 12.0. The van der Waals surface area contributed by atoms with Crippen molar-refractivity contribution in [2.24, 2.45) is 0 Å². The third-order valence-electron chi connectivity index (χ3n) is 4.75. The molecule has 0 saturated carbocycles. The molecule has 0 aliphatic carbocycles. The lowest BCUT2D eigenvalue weighted by Gasteiger charge is -2.18. The number of fused-ring (bicyclic) bond motifs is 1. The average molecular weight is 338 g/mol. The molecule has 25 heavy (non-hydrogen) atoms. The number of amides is 2. The summed E-state index contributed by atoms with van der Waals surface area (Å²) in [4.78, 5) is 14.5. The molecule has 1 atom stereocenters. The number of nitrogens with zero attached hydrogens (tertiary/aromatic N) is 3. The Kier molecular flexibility index (Phi) is 3.75. The van der Waals surface area contributed by atoms with Crippen LogP contribution in [0.5, 0.6) is 0 Å². The van der Waals surface area contributed by atoms with Crippen LogP contribution < -0.4 is 5.32 Å². The molecule has 130 valence electrons. The number of hydrogen-bond acceptors (Lipinski definition) is 3. The van der Waals surface area contributed by atoms with Crippen molar-refractivity contribution in [3.63, 3.8) is 0 Å². The van der Waals surface area contributed by atoms with Gasteiger partial charge in [-0.05, 0) is 45.4 Å². The minimum atomic E-state index is -0.0921. The molecular formula is C19H22N4O2. The Morgan fingerprint density at radius 1 is 1.28 bits per heavy atom. The van der Waals surface area contributed by atoms with Gasteiger partial charge in [-0.3, -0.25) is 4.68 Å². The first-order valence-electron chi connectivity index (χ1n) is 8.59. The number of aryl methyl sites for hydroxylation is 3. The number of anilines is 1. The summed E-state index contributed by atoms with van der Waals surface area (Å²) < 4.78 is 7.77. The number of furan rings is 1. The third-order valence-corrected chi connectivity index (χ3v) is 4.75. The maximum Gasteiger partial charge on any atom is 0.322 e. The molecule has 1 aliphatic rings. The first kappa shape index (κ1) is 15.7. The van der Waals surface area contributed by atoms with E-state index in [2.05, 4.69) is 23.4 Å². The van der Waals surface area contributed by atoms with Gasteiger partial charge in [0.05, 0.1) is 17.4 Å². The summed E-state index contributed by atoms with van der Waals surface area (Å²) in [6.45, 7) is 7.35. The monoisotopic (exact) mass is 338 g/mol. The van der Waals surface area contributed by atoms with E-state index >= 15 is 0 Å². The SMILES string of the molecule is Cc1cc(C)n([C@@H]2CCN(C(=O)Nc3cccc4cc(C)oc34)C2)n1. The molecule has 1 aromatic carbocycles. The molecule has 2 amide bonds. The van der Waals surface area contributed by atoms with Crippen LogP contribution in [-0.2, 0) is 0 Å². The van der Waals surface area contributed by atoms with E-state index in [1.165, 1.54) is 0 Å². The number of likely N-dealkylation sites (tertiary alicyclic amines) is 1. The van der Waals surface area contributed by atoms with Crippen LogP contribution in [0.15, 0.2) is 34.7 Å². The highest BCUT2D eigenvalue weighted by atomic mass is 16.3. The number of nitrogens with one attached hydrogen (secondary N) is 1. The number of hydrogen-bond donors (Lipinski definition) is 1. The maximum atomic E-state index is 12.7. The van der Waals surface area contributed by atoms with E-state index in [-0.39, 0.29) is 12.1 Å². The summed E-state index contributed by atoms with van der Waals surface area (Å²) in [6, 6.07) is 9.97. The fraction of sp³-hybridized carbons (Fsp3) is 0.368. The van der Waals surface area contributed by atoms with Crippen molar-refractivity contribution in [1.29, 1.82) is 0 Å². The smallest absolute Gasteiger partial charge is 0.322 e. The lowest BCUT2D eigenvalue weighted by molar-refractivity contribution is 0.220. The van der Waals surface area contributed by atoms with E-state index in [1.54, 1.807) is 0 Å². The van der Waals surface area contributed by atoms with Crippen molar-refractivity contribution < 1.29 is 9.21 Å². The van der Waals surface area contributed by atoms with Gasteiger partial charge in [-0.25, -0.2) is 4.79 Å². The number of urea groups is 1. The summed E-state index contributed by atoms with van der Waals surface area (Å²) in [7, 11) is 0. The molecule has 4 rings (SSSR count). The van der Waals surface area contributed by atoms with Crippen molar-refractivity contribution in [2.45, 2.75) is 33.2 Å². The van der Waals surface area contributed by atoms with E-state index in [1.807, 2.05) is 47.7 Å². The summed E-state index contributed by atoms with van der Waals surface area (Å²) in [5.41, 5.74) is 3.59. The van der Waals surface area contributed by atoms with E-state index < -0.39 is 0 Å². The van der Waals surface area contributed by atoms with Crippen LogP contribution in [0, 0.1) is 20.8 Å². The zero-order valence-corrected chi connectivity index (χ0v) is 14.7. The van der Waals surface area contributed by atoms with Crippen LogP contribution in [0.2, 0.25) is 0 Å². The molecule has 3 heterocycles. The van der Waals surface area contributed by atoms with Crippen molar-refractivity contribution in [3.8, 4) is 0 Å². The molecule has 1 saturated heterocycles. The highest BCUT2D eigenvalue weighted by molar-refractivity contribution is 5.99. The lowest BCUT2D eigenvalue weighted by atomic mass is 10.2. The number of rotatable bonds is 2. The maximum absolute atomic E-state index is 12.7. The number of aromatic nitrogens is 2. The second kappa shape index (κ2) is 5.95. The molecule has 0 bridgehead atoms. The molecule has 0 spiro atoms. The van der Waals surface area contributed by atoms with E-state index in [0.717, 1.165) is 41.1 Å². The van der Waals surface area contributed by atoms with Crippen LogP contribution in [-0.4, -0.2) is 33.8 Å². The fourth-order valence-electron chi connectivity index (χ4n) is 3.63. The molecule has 6 heteroatoms. The number of carbonyl (C=O) groups is 1. The molecular weight excluding hydrogens is 316 g/mol. The highest BCUT2D eigenvalue weighted by Gasteiger charge is 2.29. The summed E-state index contributed by atoms with van der Waals surface area (Å²) in [5.74, 6) is 0.836. The van der Waals surface area contributed by atoms with E-state index in [0.29, 0.717) is 12.2 Å². The van der Waals surface area contributed by atoms with Crippen LogP contribution in [0.25, 0.3) is 11.0 Å². The van der Waals surface area contributed by atoms with Crippen molar-refractivity contribution in [2.75, 3.05) is 18.4 Å². The van der Waals surface area contributed by atoms with Gasteiger partial charge in [0, 0.05) is 24.2 Å². The largest absolute Gasteiger partial charge is 0.459 e. The third kappa shape index (κ3) is 2.88. The zero-order valence-electron chi connectivity index (χ0n) is 14.7. The van der Waals surface area contributed by atoms with Gasteiger partial charge in [0.15, 0.2) is 5.58 Å². The zero-order chi connectivity index (χ0) is 17.6. The van der Waals surface area contributed by atoms with Gasteiger partial charge in [-0.2, -0.15) is 5.10 Å². The van der Waals surface area contributed by atoms with Crippen molar-refractivity contribution >= 4 is 22.7 Å². The summed E-state index contributed by atoms with van der Waals surface area (Å²) >= 11 is 0. The predicted octanol–water partition coefficient (Wildman–Crippen LogP) is 4.03. The number of para-hydroxylation sites is 1. The van der Waals surface area contributed by atoms with Gasteiger partial charge < -0.3 is 14.6 Å². The Labute approximate surface area is 146 Å². The Morgan fingerprint density at radius 3 is 2.88 bits per heavy atom. The Balaban J connectivity index is 1.49. The van der Waals surface area contributed by atoms with Crippen molar-refractivity contribution in [3.05, 3.63) is 47.5 Å². The normalized spacial score (nSPS) is 17.4. The van der Waals surface area contributed by atoms with Gasteiger partial charge >= 0.3 is 6.03 Å². The van der Waals surface area contributed by atoms with E-state index in [4.69, 9.17) is 4.42 Å². The summed E-state index contributed by atoms with van der Waals surface area (Å²) in [6.07, 6.45) is 0.916. The minimum Gasteiger partial charge on any atom is -0.459 e. The molecule has 1 fully saturated rings. The fourth-order valence-corrected chi connectivity index (χ4v) is 3.63. The van der Waals surface area contributed by atoms with Gasteiger partial charge in [0.25, 0.3) is 0 Å². The molecule has 3 aromatic rings. The highest BCUT2D eigenvalue weighted by Crippen LogP contribution is 2.28. The standard InChI is InChI=1S/C19H22N4O2/c1-12-9-13(2)23(21-12)16-7-8-22(11-16)19(24)20-17-6-4-5-15-10-14(3)25-18(15)17/h4-6,9-10,16H,7-8,11H2,1-3H3,(H,20,24)/t16-/m1/s1. The Bertz CT molecular complexity index is 940. The van der Waals surface area contributed by atoms with Gasteiger partial charge in [-0.15, -0.1) is 0 Å². The van der Waals surface area contributed by atoms with Crippen LogP contribution in [0.1, 0.15) is 29.6 Å². The van der Waals surface area contributed by atoms with Crippen LogP contribution in [0.4, 0.5) is 10.5 Å². The summed E-state index contributed by atoms with van der Waals surface area (Å²) in [5, 5.41) is 8.55. The van der Waals surface area contributed by atoms with Crippen molar-refractivity contribution in [1.82, 2.24) is 14.7 Å². The van der Waals surface area contributed by atoms with Crippen LogP contribution >= 0.6 is 0 Å². The molecule has 1 N–H and O–H groups in total. The molecule has 1 aliphatic heterocycles. The quantitative estimate of drug-likeness (QED) is 0.767. The predicted molar refractivity (Wildman–Crippen MR) is 96.9 cm³/mol. The Hall–Kier alpha value is -2.76. The van der Waals surface area contributed by atoms with Crippen LogP contribution in [0.3, 0.4) is 0 Å². The van der Waals surface area contributed by atoms with Gasteiger partial charge in [0.1, 0.15) is 5.76 Å². The lowest BCUT2D eigenvalue weighted by Crippen LogP contribution is -2.33. The van der Waals surface area contributed by atoms with E-state index in [9.17, 15) is 4.79 Å². The molecule has 6 nitrogen and oxygen atoms in total. The average Bonchev–Trinajstić information content (AvgIpc) is 3.25. The first-order valence-corrected chi connectivity index (χ1v) is 8.59. The second-order valence-electron chi connectivity index (χ2n) is 6.77. The number of carbonyl (C=O) groups excluding carboxylic acids is 1. The molecule has 0 radical (unpaired) electrons. The minimum absolute atomic E-state index is 0.0921.